The molecule has 0 fully saturated rings. The van der Waals surface area contributed by atoms with Crippen molar-refractivity contribution in [3.05, 3.63) is 0 Å². The molecule has 2 nitrogen and oxygen atoms in total. The summed E-state index contributed by atoms with van der Waals surface area (Å²) in [7, 11) is 0. The number of rotatable bonds is 6. The molecule has 0 spiro atoms. The summed E-state index contributed by atoms with van der Waals surface area (Å²) in [6.45, 7) is 8.97. The number of hydrogen-bond donors (Lipinski definition) is 1. The Labute approximate surface area is 70.1 Å². The van der Waals surface area contributed by atoms with Gasteiger partial charge in [-0.2, -0.15) is 0 Å². The van der Waals surface area contributed by atoms with Gasteiger partial charge in [0.2, 0.25) is 0 Å². The highest BCUT2D eigenvalue weighted by molar-refractivity contribution is 4.51. The van der Waals surface area contributed by atoms with Gasteiger partial charge in [0.1, 0.15) is 0 Å². The van der Waals surface area contributed by atoms with Crippen LogP contribution in [0.5, 0.6) is 0 Å². The van der Waals surface area contributed by atoms with E-state index in [4.69, 9.17) is 10.5 Å². The summed E-state index contributed by atoms with van der Waals surface area (Å²) < 4.78 is 5.41. The summed E-state index contributed by atoms with van der Waals surface area (Å²) in [5.74, 6) is 1.24. The molecule has 1 unspecified atom stereocenters. The molecule has 0 aromatic heterocycles. The molecular formula is C9H21NO. The molecule has 0 saturated heterocycles. The zero-order valence-corrected chi connectivity index (χ0v) is 7.97. The minimum atomic E-state index is 0.599. The minimum Gasteiger partial charge on any atom is -0.381 e. The van der Waals surface area contributed by atoms with Crippen LogP contribution in [-0.4, -0.2) is 19.8 Å². The van der Waals surface area contributed by atoms with E-state index in [-0.39, 0.29) is 0 Å². The summed E-state index contributed by atoms with van der Waals surface area (Å²) in [6, 6.07) is 0. The Kier molecular flexibility index (Phi) is 6.57. The van der Waals surface area contributed by atoms with Crippen molar-refractivity contribution in [2.24, 2.45) is 17.6 Å². The lowest BCUT2D eigenvalue weighted by Gasteiger charge is -2.09. The molecule has 0 aliphatic rings. The molecule has 0 saturated carbocycles. The highest BCUT2D eigenvalue weighted by Crippen LogP contribution is 2.00. The second-order valence-corrected chi connectivity index (χ2v) is 3.60. The Balaban J connectivity index is 3.01. The topological polar surface area (TPSA) is 35.2 Å². The van der Waals surface area contributed by atoms with Gasteiger partial charge < -0.3 is 10.5 Å². The van der Waals surface area contributed by atoms with Gasteiger partial charge >= 0.3 is 0 Å². The predicted octanol–water partition coefficient (Wildman–Crippen LogP) is 1.64. The molecule has 1 atom stereocenters. The Morgan fingerprint density at radius 1 is 1.27 bits per heavy atom. The maximum Gasteiger partial charge on any atom is 0.0488 e. The van der Waals surface area contributed by atoms with Crippen molar-refractivity contribution in [3.63, 3.8) is 0 Å². The van der Waals surface area contributed by atoms with E-state index < -0.39 is 0 Å². The van der Waals surface area contributed by atoms with Gasteiger partial charge in [0.05, 0.1) is 0 Å². The van der Waals surface area contributed by atoms with Gasteiger partial charge in [-0.05, 0) is 24.8 Å². The first-order valence-corrected chi connectivity index (χ1v) is 4.44. The zero-order valence-electron chi connectivity index (χ0n) is 7.97. The van der Waals surface area contributed by atoms with E-state index in [1.807, 2.05) is 0 Å². The average molecular weight is 159 g/mol. The Morgan fingerprint density at radius 2 is 1.91 bits per heavy atom. The van der Waals surface area contributed by atoms with Gasteiger partial charge in [-0.15, -0.1) is 0 Å². The molecule has 0 heterocycles. The SMILES string of the molecule is CC(C)COCCC(C)CN. The number of ether oxygens (including phenoxy) is 1. The second kappa shape index (κ2) is 6.62. The van der Waals surface area contributed by atoms with Gasteiger partial charge in [0.25, 0.3) is 0 Å². The molecule has 0 aliphatic carbocycles. The summed E-state index contributed by atoms with van der Waals surface area (Å²) >= 11 is 0. The van der Waals surface area contributed by atoms with E-state index in [1.165, 1.54) is 0 Å². The van der Waals surface area contributed by atoms with E-state index >= 15 is 0 Å². The third-order valence-corrected chi connectivity index (χ3v) is 1.61. The molecule has 0 aromatic rings. The van der Waals surface area contributed by atoms with Gasteiger partial charge in [-0.25, -0.2) is 0 Å². The summed E-state index contributed by atoms with van der Waals surface area (Å²) in [4.78, 5) is 0. The molecule has 0 rings (SSSR count). The normalized spacial score (nSPS) is 13.9. The Bertz CT molecular complexity index is 83.6. The van der Waals surface area contributed by atoms with Crippen LogP contribution in [0.2, 0.25) is 0 Å². The van der Waals surface area contributed by atoms with Crippen molar-refractivity contribution >= 4 is 0 Å². The fourth-order valence-electron chi connectivity index (χ4n) is 0.721. The van der Waals surface area contributed by atoms with Crippen LogP contribution >= 0.6 is 0 Å². The molecular weight excluding hydrogens is 138 g/mol. The lowest BCUT2D eigenvalue weighted by atomic mass is 10.1. The largest absolute Gasteiger partial charge is 0.381 e. The number of nitrogens with two attached hydrogens (primary N) is 1. The van der Waals surface area contributed by atoms with Crippen molar-refractivity contribution in [2.45, 2.75) is 27.2 Å². The fraction of sp³-hybridized carbons (Fsp3) is 1.00. The maximum absolute atomic E-state index is 5.46. The van der Waals surface area contributed by atoms with Crippen LogP contribution in [0.3, 0.4) is 0 Å². The third kappa shape index (κ3) is 7.82. The van der Waals surface area contributed by atoms with Crippen LogP contribution in [0.15, 0.2) is 0 Å². The van der Waals surface area contributed by atoms with E-state index in [2.05, 4.69) is 20.8 Å². The Morgan fingerprint density at radius 3 is 2.36 bits per heavy atom. The van der Waals surface area contributed by atoms with E-state index in [0.29, 0.717) is 11.8 Å². The highest BCUT2D eigenvalue weighted by atomic mass is 16.5. The first-order valence-electron chi connectivity index (χ1n) is 4.44. The second-order valence-electron chi connectivity index (χ2n) is 3.60. The van der Waals surface area contributed by atoms with Crippen molar-refractivity contribution in [3.8, 4) is 0 Å². The Hall–Kier alpha value is -0.0800. The first-order chi connectivity index (χ1) is 5.16. The van der Waals surface area contributed by atoms with Crippen molar-refractivity contribution in [1.82, 2.24) is 0 Å². The van der Waals surface area contributed by atoms with E-state index in [0.717, 1.165) is 26.2 Å². The fourth-order valence-corrected chi connectivity index (χ4v) is 0.721. The van der Waals surface area contributed by atoms with Crippen LogP contribution < -0.4 is 5.73 Å². The quantitative estimate of drug-likeness (QED) is 0.598. The lowest BCUT2D eigenvalue weighted by Crippen LogP contribution is -2.14. The van der Waals surface area contributed by atoms with Crippen molar-refractivity contribution in [1.29, 1.82) is 0 Å². The molecule has 0 aliphatic heterocycles. The van der Waals surface area contributed by atoms with E-state index in [1.54, 1.807) is 0 Å². The summed E-state index contributed by atoms with van der Waals surface area (Å²) in [5.41, 5.74) is 5.46. The van der Waals surface area contributed by atoms with Gasteiger partial charge in [0, 0.05) is 13.2 Å². The third-order valence-electron chi connectivity index (χ3n) is 1.61. The molecule has 0 bridgehead atoms. The molecule has 11 heavy (non-hydrogen) atoms. The molecule has 0 amide bonds. The summed E-state index contributed by atoms with van der Waals surface area (Å²) in [5, 5.41) is 0. The van der Waals surface area contributed by atoms with E-state index in [9.17, 15) is 0 Å². The smallest absolute Gasteiger partial charge is 0.0488 e. The highest BCUT2D eigenvalue weighted by Gasteiger charge is 1.98. The molecule has 68 valence electrons. The first kappa shape index (κ1) is 10.9. The maximum atomic E-state index is 5.46. The van der Waals surface area contributed by atoms with Crippen LogP contribution in [0.25, 0.3) is 0 Å². The lowest BCUT2D eigenvalue weighted by molar-refractivity contribution is 0.100. The molecule has 0 aromatic carbocycles. The van der Waals surface area contributed by atoms with Gasteiger partial charge in [0.15, 0.2) is 0 Å². The van der Waals surface area contributed by atoms with Crippen LogP contribution in [0.1, 0.15) is 27.2 Å². The minimum absolute atomic E-state index is 0.599. The van der Waals surface area contributed by atoms with Crippen LogP contribution in [0.4, 0.5) is 0 Å². The monoisotopic (exact) mass is 159 g/mol. The molecule has 2 N–H and O–H groups in total. The van der Waals surface area contributed by atoms with Crippen LogP contribution in [-0.2, 0) is 4.74 Å². The van der Waals surface area contributed by atoms with Crippen molar-refractivity contribution < 1.29 is 4.74 Å². The van der Waals surface area contributed by atoms with Crippen LogP contribution in [0, 0.1) is 11.8 Å². The standard InChI is InChI=1S/C9H21NO/c1-8(2)7-11-5-4-9(3)6-10/h8-9H,4-7,10H2,1-3H3. The molecule has 2 heteroatoms. The van der Waals surface area contributed by atoms with Crippen molar-refractivity contribution in [2.75, 3.05) is 19.8 Å². The van der Waals surface area contributed by atoms with Gasteiger partial charge in [-0.3, -0.25) is 0 Å². The number of hydrogen-bond acceptors (Lipinski definition) is 2. The average Bonchev–Trinajstić information content (AvgIpc) is 1.97. The molecule has 0 radical (unpaired) electrons. The predicted molar refractivity (Wildman–Crippen MR) is 48.5 cm³/mol. The van der Waals surface area contributed by atoms with Gasteiger partial charge in [-0.1, -0.05) is 20.8 Å². The zero-order chi connectivity index (χ0) is 8.69. The summed E-state index contributed by atoms with van der Waals surface area (Å²) in [6.07, 6.45) is 1.09.